The molecule has 3 aromatic rings. The number of rotatable bonds is 3. The molecule has 0 saturated carbocycles. The van der Waals surface area contributed by atoms with Crippen LogP contribution in [0.5, 0.6) is 0 Å². The van der Waals surface area contributed by atoms with E-state index in [0.29, 0.717) is 17.6 Å². The quantitative estimate of drug-likeness (QED) is 0.792. The van der Waals surface area contributed by atoms with E-state index in [1.54, 1.807) is 30.7 Å². The SMILES string of the molecule is O=S(=O)(c1n[nH]c2ncccc12)N1CCCC1c1cccnc1. The van der Waals surface area contributed by atoms with E-state index in [4.69, 9.17) is 0 Å². The normalized spacial score (nSPS) is 19.4. The van der Waals surface area contributed by atoms with Crippen LogP contribution in [0.4, 0.5) is 0 Å². The third kappa shape index (κ3) is 2.30. The second-order valence-electron chi connectivity index (χ2n) is 5.49. The highest BCUT2D eigenvalue weighted by Crippen LogP contribution is 2.36. The lowest BCUT2D eigenvalue weighted by molar-refractivity contribution is 0.394. The molecule has 4 heterocycles. The van der Waals surface area contributed by atoms with Crippen LogP contribution in [0, 0.1) is 0 Å². The van der Waals surface area contributed by atoms with Crippen LogP contribution in [-0.2, 0) is 10.0 Å². The molecule has 1 N–H and O–H groups in total. The lowest BCUT2D eigenvalue weighted by Gasteiger charge is -2.23. The maximum atomic E-state index is 13.1. The van der Waals surface area contributed by atoms with Gasteiger partial charge in [0.2, 0.25) is 5.03 Å². The summed E-state index contributed by atoms with van der Waals surface area (Å²) in [6, 6.07) is 6.96. The van der Waals surface area contributed by atoms with Gasteiger partial charge in [-0.05, 0) is 36.6 Å². The number of sulfonamides is 1. The predicted molar refractivity (Wildman–Crippen MR) is 84.0 cm³/mol. The van der Waals surface area contributed by atoms with Crippen LogP contribution < -0.4 is 0 Å². The number of hydrogen-bond acceptors (Lipinski definition) is 5. The first kappa shape index (κ1) is 14.3. The topological polar surface area (TPSA) is 91.8 Å². The number of nitrogens with zero attached hydrogens (tertiary/aromatic N) is 4. The molecule has 0 bridgehead atoms. The number of pyridine rings is 2. The van der Waals surface area contributed by atoms with E-state index >= 15 is 0 Å². The van der Waals surface area contributed by atoms with E-state index in [9.17, 15) is 8.42 Å². The van der Waals surface area contributed by atoms with E-state index in [0.717, 1.165) is 18.4 Å². The summed E-state index contributed by atoms with van der Waals surface area (Å²) >= 11 is 0. The lowest BCUT2D eigenvalue weighted by Crippen LogP contribution is -2.31. The Morgan fingerprint density at radius 3 is 2.91 bits per heavy atom. The zero-order valence-corrected chi connectivity index (χ0v) is 13.1. The number of H-pyrrole nitrogens is 1. The van der Waals surface area contributed by atoms with Gasteiger partial charge in [0.25, 0.3) is 10.0 Å². The van der Waals surface area contributed by atoms with Gasteiger partial charge in [0, 0.05) is 25.1 Å². The summed E-state index contributed by atoms with van der Waals surface area (Å²) in [5.41, 5.74) is 1.38. The Morgan fingerprint density at radius 2 is 2.09 bits per heavy atom. The molecule has 0 spiro atoms. The molecule has 1 unspecified atom stereocenters. The number of hydrogen-bond donors (Lipinski definition) is 1. The summed E-state index contributed by atoms with van der Waals surface area (Å²) in [6.07, 6.45) is 6.61. The molecule has 4 rings (SSSR count). The molecule has 1 aliphatic rings. The van der Waals surface area contributed by atoms with Crippen LogP contribution in [0.3, 0.4) is 0 Å². The third-order valence-corrected chi connectivity index (χ3v) is 5.98. The maximum absolute atomic E-state index is 13.1. The van der Waals surface area contributed by atoms with Crippen LogP contribution >= 0.6 is 0 Å². The fourth-order valence-corrected chi connectivity index (χ4v) is 4.83. The van der Waals surface area contributed by atoms with Gasteiger partial charge in [-0.1, -0.05) is 6.07 Å². The summed E-state index contributed by atoms with van der Waals surface area (Å²) in [4.78, 5) is 8.21. The summed E-state index contributed by atoms with van der Waals surface area (Å²) in [6.45, 7) is 0.483. The van der Waals surface area contributed by atoms with Gasteiger partial charge in [-0.3, -0.25) is 10.1 Å². The maximum Gasteiger partial charge on any atom is 0.263 e. The first-order valence-corrected chi connectivity index (χ1v) is 8.83. The summed E-state index contributed by atoms with van der Waals surface area (Å²) in [7, 11) is -3.70. The van der Waals surface area contributed by atoms with Gasteiger partial charge in [0.05, 0.1) is 11.4 Å². The molecule has 1 atom stereocenters. The lowest BCUT2D eigenvalue weighted by atomic mass is 10.1. The first-order chi connectivity index (χ1) is 11.2. The molecule has 3 aromatic heterocycles. The van der Waals surface area contributed by atoms with E-state index in [-0.39, 0.29) is 11.1 Å². The minimum absolute atomic E-state index is 0.0383. The number of aromatic nitrogens is 4. The molecule has 23 heavy (non-hydrogen) atoms. The van der Waals surface area contributed by atoms with Crippen molar-refractivity contribution in [3.63, 3.8) is 0 Å². The Hall–Kier alpha value is -2.32. The monoisotopic (exact) mass is 329 g/mol. The molecule has 7 nitrogen and oxygen atoms in total. The third-order valence-electron chi connectivity index (χ3n) is 4.13. The Kier molecular flexibility index (Phi) is 3.35. The van der Waals surface area contributed by atoms with E-state index in [1.807, 2.05) is 12.1 Å². The minimum Gasteiger partial charge on any atom is -0.264 e. The van der Waals surface area contributed by atoms with Crippen molar-refractivity contribution in [3.8, 4) is 0 Å². The number of nitrogens with one attached hydrogen (secondary N) is 1. The predicted octanol–water partition coefficient (Wildman–Crippen LogP) is 1.88. The fourth-order valence-electron chi connectivity index (χ4n) is 3.07. The summed E-state index contributed by atoms with van der Waals surface area (Å²) < 4.78 is 27.7. The average molecular weight is 329 g/mol. The highest BCUT2D eigenvalue weighted by atomic mass is 32.2. The molecule has 0 amide bonds. The molecule has 0 aliphatic carbocycles. The standard InChI is InChI=1S/C15H15N5O2S/c21-23(22,15-12-5-2-8-17-14(12)18-19-15)20-9-3-6-13(20)11-4-1-7-16-10-11/h1-2,4-5,7-8,10,13H,3,6,9H2,(H,17,18,19). The van der Waals surface area contributed by atoms with Crippen LogP contribution in [0.15, 0.2) is 47.9 Å². The second-order valence-corrected chi connectivity index (χ2v) is 7.29. The van der Waals surface area contributed by atoms with Crippen molar-refractivity contribution < 1.29 is 8.42 Å². The molecule has 1 saturated heterocycles. The molecule has 1 fully saturated rings. The molecule has 0 radical (unpaired) electrons. The molecule has 118 valence electrons. The van der Waals surface area contributed by atoms with Gasteiger partial charge in [-0.2, -0.15) is 9.40 Å². The number of fused-ring (bicyclic) bond motifs is 1. The van der Waals surface area contributed by atoms with Gasteiger partial charge < -0.3 is 0 Å². The van der Waals surface area contributed by atoms with E-state index < -0.39 is 10.0 Å². The van der Waals surface area contributed by atoms with Crippen molar-refractivity contribution in [2.45, 2.75) is 23.9 Å². The average Bonchev–Trinajstić information content (AvgIpc) is 3.23. The van der Waals surface area contributed by atoms with Gasteiger partial charge in [0.15, 0.2) is 5.65 Å². The largest absolute Gasteiger partial charge is 0.264 e. The van der Waals surface area contributed by atoms with E-state index in [2.05, 4.69) is 20.2 Å². The van der Waals surface area contributed by atoms with Crippen molar-refractivity contribution in [2.24, 2.45) is 0 Å². The molecule has 0 aromatic carbocycles. The first-order valence-electron chi connectivity index (χ1n) is 7.39. The van der Waals surface area contributed by atoms with Crippen molar-refractivity contribution >= 4 is 21.1 Å². The van der Waals surface area contributed by atoms with Gasteiger partial charge in [-0.25, -0.2) is 13.4 Å². The highest BCUT2D eigenvalue weighted by molar-refractivity contribution is 7.89. The Bertz CT molecular complexity index is 939. The molecular formula is C15H15N5O2S. The summed E-state index contributed by atoms with van der Waals surface area (Å²) in [5, 5.41) is 7.26. The van der Waals surface area contributed by atoms with Crippen LogP contribution in [-0.4, -0.2) is 39.4 Å². The fraction of sp³-hybridized carbons (Fsp3) is 0.267. The second kappa shape index (κ2) is 5.39. The van der Waals surface area contributed by atoms with Crippen molar-refractivity contribution in [1.29, 1.82) is 0 Å². The van der Waals surface area contributed by atoms with Gasteiger partial charge in [-0.15, -0.1) is 0 Å². The number of aromatic amines is 1. The minimum atomic E-state index is -3.70. The van der Waals surface area contributed by atoms with E-state index in [1.165, 1.54) is 4.31 Å². The smallest absolute Gasteiger partial charge is 0.263 e. The zero-order valence-electron chi connectivity index (χ0n) is 12.3. The molecule has 1 aliphatic heterocycles. The van der Waals surface area contributed by atoms with Crippen LogP contribution in [0.2, 0.25) is 0 Å². The Morgan fingerprint density at radius 1 is 1.22 bits per heavy atom. The van der Waals surface area contributed by atoms with Crippen molar-refractivity contribution in [1.82, 2.24) is 24.5 Å². The van der Waals surface area contributed by atoms with Crippen LogP contribution in [0.1, 0.15) is 24.4 Å². The van der Waals surface area contributed by atoms with Crippen molar-refractivity contribution in [3.05, 3.63) is 48.4 Å². The van der Waals surface area contributed by atoms with Crippen molar-refractivity contribution in [2.75, 3.05) is 6.54 Å². The van der Waals surface area contributed by atoms with Crippen LogP contribution in [0.25, 0.3) is 11.0 Å². The van der Waals surface area contributed by atoms with Gasteiger partial charge >= 0.3 is 0 Å². The Labute approximate surface area is 133 Å². The molecular weight excluding hydrogens is 314 g/mol. The Balaban J connectivity index is 1.79. The highest BCUT2D eigenvalue weighted by Gasteiger charge is 2.38. The summed E-state index contributed by atoms with van der Waals surface area (Å²) in [5.74, 6) is 0. The van der Waals surface area contributed by atoms with Gasteiger partial charge in [0.1, 0.15) is 0 Å². The molecule has 8 heteroatoms. The zero-order chi connectivity index (χ0) is 15.9.